The van der Waals surface area contributed by atoms with E-state index in [9.17, 15) is 0 Å². The molecule has 0 radical (unpaired) electrons. The topological polar surface area (TPSA) is 6.48 Å². The van der Waals surface area contributed by atoms with Crippen molar-refractivity contribution < 1.29 is 0 Å². The maximum atomic E-state index is 2.67. The van der Waals surface area contributed by atoms with Gasteiger partial charge in [-0.25, -0.2) is 0 Å². The maximum absolute atomic E-state index is 2.67. The lowest BCUT2D eigenvalue weighted by molar-refractivity contribution is 0.115. The van der Waals surface area contributed by atoms with Crippen molar-refractivity contribution in [2.75, 3.05) is 39.3 Å². The van der Waals surface area contributed by atoms with E-state index in [1.807, 2.05) is 0 Å². The number of rotatable bonds is 9. The fourth-order valence-corrected chi connectivity index (χ4v) is 3.13. The molecule has 0 spiro atoms. The SMILES string of the molecule is CC(C)CN(CCN(CC(C)(C)C)CC(C)(C)C)CC(C)C. The van der Waals surface area contributed by atoms with Crippen molar-refractivity contribution in [1.82, 2.24) is 9.80 Å². The fourth-order valence-electron chi connectivity index (χ4n) is 3.13. The van der Waals surface area contributed by atoms with Gasteiger partial charge in [0.15, 0.2) is 0 Å². The summed E-state index contributed by atoms with van der Waals surface area (Å²) < 4.78 is 0. The van der Waals surface area contributed by atoms with Gasteiger partial charge in [-0.1, -0.05) is 69.2 Å². The van der Waals surface area contributed by atoms with Crippen molar-refractivity contribution in [3.8, 4) is 0 Å². The molecule has 0 aromatic carbocycles. The third-order valence-electron chi connectivity index (χ3n) is 3.38. The average Bonchev–Trinajstić information content (AvgIpc) is 2.19. The lowest BCUT2D eigenvalue weighted by Crippen LogP contribution is -2.44. The Labute approximate surface area is 141 Å². The third kappa shape index (κ3) is 13.6. The molecule has 0 aromatic heterocycles. The van der Waals surface area contributed by atoms with Crippen LogP contribution in [0.15, 0.2) is 0 Å². The summed E-state index contributed by atoms with van der Waals surface area (Å²) in [7, 11) is 0. The van der Waals surface area contributed by atoms with Crippen LogP contribution >= 0.6 is 0 Å². The molecule has 0 aromatic rings. The molecule has 0 bridgehead atoms. The smallest absolute Gasteiger partial charge is 0.0110 e. The molecule has 0 unspecified atom stereocenters. The Morgan fingerprint density at radius 2 is 0.909 bits per heavy atom. The van der Waals surface area contributed by atoms with Crippen LogP contribution in [0.4, 0.5) is 0 Å². The molecule has 0 atom stereocenters. The maximum Gasteiger partial charge on any atom is 0.0110 e. The average molecular weight is 313 g/mol. The molecular weight excluding hydrogens is 268 g/mol. The summed E-state index contributed by atoms with van der Waals surface area (Å²) in [4.78, 5) is 5.33. The molecule has 0 fully saturated rings. The predicted octanol–water partition coefficient (Wildman–Crippen LogP) is 4.99. The molecular formula is C20H44N2. The van der Waals surface area contributed by atoms with E-state index in [1.54, 1.807) is 0 Å². The van der Waals surface area contributed by atoms with Gasteiger partial charge in [0.05, 0.1) is 0 Å². The largest absolute Gasteiger partial charge is 0.302 e. The Hall–Kier alpha value is -0.0800. The molecule has 0 N–H and O–H groups in total. The van der Waals surface area contributed by atoms with Gasteiger partial charge in [0.25, 0.3) is 0 Å². The van der Waals surface area contributed by atoms with Gasteiger partial charge in [-0.15, -0.1) is 0 Å². The van der Waals surface area contributed by atoms with Crippen LogP contribution in [0.2, 0.25) is 0 Å². The zero-order chi connectivity index (χ0) is 17.6. The summed E-state index contributed by atoms with van der Waals surface area (Å²) in [5.74, 6) is 1.50. The Bertz CT molecular complexity index is 255. The Balaban J connectivity index is 4.66. The van der Waals surface area contributed by atoms with Crippen molar-refractivity contribution in [2.24, 2.45) is 22.7 Å². The van der Waals surface area contributed by atoms with Gasteiger partial charge in [-0.05, 0) is 22.7 Å². The van der Waals surface area contributed by atoms with Crippen LogP contribution in [0.5, 0.6) is 0 Å². The van der Waals surface area contributed by atoms with E-state index in [-0.39, 0.29) is 0 Å². The number of hydrogen-bond donors (Lipinski definition) is 0. The Kier molecular flexibility index (Phi) is 9.24. The first-order valence-electron chi connectivity index (χ1n) is 9.23. The Morgan fingerprint density at radius 1 is 0.591 bits per heavy atom. The molecule has 0 rings (SSSR count). The van der Waals surface area contributed by atoms with E-state index in [1.165, 1.54) is 39.3 Å². The summed E-state index contributed by atoms with van der Waals surface area (Å²) in [6, 6.07) is 0. The van der Waals surface area contributed by atoms with Crippen molar-refractivity contribution in [3.05, 3.63) is 0 Å². The molecule has 0 aliphatic carbocycles. The van der Waals surface area contributed by atoms with Gasteiger partial charge in [-0.3, -0.25) is 0 Å². The molecule has 22 heavy (non-hydrogen) atoms. The lowest BCUT2D eigenvalue weighted by atomic mass is 9.92. The molecule has 2 heteroatoms. The van der Waals surface area contributed by atoms with Crippen LogP contribution in [0.1, 0.15) is 69.2 Å². The van der Waals surface area contributed by atoms with Crippen LogP contribution in [0, 0.1) is 22.7 Å². The van der Waals surface area contributed by atoms with E-state index in [0.717, 1.165) is 11.8 Å². The van der Waals surface area contributed by atoms with Gasteiger partial charge in [0, 0.05) is 39.3 Å². The highest BCUT2D eigenvalue weighted by molar-refractivity contribution is 4.76. The monoisotopic (exact) mass is 312 g/mol. The normalized spacial score (nSPS) is 13.9. The van der Waals surface area contributed by atoms with Crippen LogP contribution in [-0.4, -0.2) is 49.1 Å². The highest BCUT2D eigenvalue weighted by Gasteiger charge is 2.22. The van der Waals surface area contributed by atoms with E-state index in [4.69, 9.17) is 0 Å². The minimum absolute atomic E-state index is 0.367. The van der Waals surface area contributed by atoms with Gasteiger partial charge in [0.2, 0.25) is 0 Å². The van der Waals surface area contributed by atoms with Crippen LogP contribution in [-0.2, 0) is 0 Å². The van der Waals surface area contributed by atoms with Crippen molar-refractivity contribution in [3.63, 3.8) is 0 Å². The summed E-state index contributed by atoms with van der Waals surface area (Å²) >= 11 is 0. The molecule has 2 nitrogen and oxygen atoms in total. The lowest BCUT2D eigenvalue weighted by Gasteiger charge is -2.36. The molecule has 0 aliphatic heterocycles. The molecule has 0 amide bonds. The summed E-state index contributed by atoms with van der Waals surface area (Å²) in [5.41, 5.74) is 0.734. The van der Waals surface area contributed by atoms with E-state index in [0.29, 0.717) is 10.8 Å². The van der Waals surface area contributed by atoms with Gasteiger partial charge in [0.1, 0.15) is 0 Å². The summed E-state index contributed by atoms with van der Waals surface area (Å²) in [5, 5.41) is 0. The molecule has 134 valence electrons. The minimum atomic E-state index is 0.367. The van der Waals surface area contributed by atoms with E-state index < -0.39 is 0 Å². The second-order valence-corrected chi connectivity index (χ2v) is 10.4. The van der Waals surface area contributed by atoms with E-state index in [2.05, 4.69) is 79.0 Å². The standard InChI is InChI=1S/C20H44N2/c1-17(2)13-21(14-18(3)4)11-12-22(15-19(5,6)7)16-20(8,9)10/h17-18H,11-16H2,1-10H3. The quantitative estimate of drug-likeness (QED) is 0.591. The number of hydrogen-bond acceptors (Lipinski definition) is 2. The molecule has 0 aliphatic rings. The third-order valence-corrected chi connectivity index (χ3v) is 3.38. The van der Waals surface area contributed by atoms with Crippen LogP contribution in [0.3, 0.4) is 0 Å². The Morgan fingerprint density at radius 3 is 1.18 bits per heavy atom. The second kappa shape index (κ2) is 9.27. The predicted molar refractivity (Wildman–Crippen MR) is 101 cm³/mol. The molecule has 0 saturated heterocycles. The first kappa shape index (κ1) is 21.9. The second-order valence-electron chi connectivity index (χ2n) is 10.4. The van der Waals surface area contributed by atoms with Gasteiger partial charge < -0.3 is 9.80 Å². The first-order chi connectivity index (χ1) is 9.78. The van der Waals surface area contributed by atoms with Crippen molar-refractivity contribution in [2.45, 2.75) is 69.2 Å². The first-order valence-corrected chi connectivity index (χ1v) is 9.23. The van der Waals surface area contributed by atoms with Gasteiger partial charge >= 0.3 is 0 Å². The zero-order valence-electron chi connectivity index (χ0n) is 17.3. The fraction of sp³-hybridized carbons (Fsp3) is 1.00. The van der Waals surface area contributed by atoms with Crippen molar-refractivity contribution >= 4 is 0 Å². The van der Waals surface area contributed by atoms with Gasteiger partial charge in [-0.2, -0.15) is 0 Å². The van der Waals surface area contributed by atoms with Crippen LogP contribution < -0.4 is 0 Å². The molecule has 0 heterocycles. The number of nitrogens with zero attached hydrogens (tertiary/aromatic N) is 2. The highest BCUT2D eigenvalue weighted by Crippen LogP contribution is 2.20. The van der Waals surface area contributed by atoms with E-state index >= 15 is 0 Å². The summed E-state index contributed by atoms with van der Waals surface area (Å²) in [6.45, 7) is 30.6. The summed E-state index contributed by atoms with van der Waals surface area (Å²) in [6.07, 6.45) is 0. The molecule has 0 saturated carbocycles. The highest BCUT2D eigenvalue weighted by atomic mass is 15.2. The zero-order valence-corrected chi connectivity index (χ0v) is 17.3. The minimum Gasteiger partial charge on any atom is -0.302 e. The van der Waals surface area contributed by atoms with Crippen LogP contribution in [0.25, 0.3) is 0 Å². The van der Waals surface area contributed by atoms with Crippen molar-refractivity contribution in [1.29, 1.82) is 0 Å².